The Morgan fingerprint density at radius 3 is 2.74 bits per heavy atom. The number of aryl methyl sites for hydroxylation is 1. The lowest BCUT2D eigenvalue weighted by Crippen LogP contribution is -2.48. The van der Waals surface area contributed by atoms with E-state index in [4.69, 9.17) is 0 Å². The standard InChI is InChI=1S/C24H36N6.HI/c1-3-19-18-29(17-14-21(19)20-10-6-4-7-11-20)24(25-2)26-15-13-23-28-27-22-12-8-5-9-16-30(22)23;/h4,6-7,10-11,19,21H,3,5,8-9,12-18H2,1-2H3,(H,25,26);1H. The molecule has 0 radical (unpaired) electrons. The fourth-order valence-electron chi connectivity index (χ4n) is 5.13. The number of nitrogens with zero attached hydrogens (tertiary/aromatic N) is 5. The van der Waals surface area contributed by atoms with Gasteiger partial charge < -0.3 is 14.8 Å². The smallest absolute Gasteiger partial charge is 0.193 e. The van der Waals surface area contributed by atoms with Crippen LogP contribution in [0.15, 0.2) is 35.3 Å². The molecule has 1 saturated heterocycles. The highest BCUT2D eigenvalue weighted by Crippen LogP contribution is 2.34. The highest BCUT2D eigenvalue weighted by molar-refractivity contribution is 14.0. The van der Waals surface area contributed by atoms with Gasteiger partial charge in [0.1, 0.15) is 11.6 Å². The zero-order chi connectivity index (χ0) is 20.8. The largest absolute Gasteiger partial charge is 0.356 e. The third-order valence-corrected chi connectivity index (χ3v) is 6.82. The van der Waals surface area contributed by atoms with Gasteiger partial charge in [0.15, 0.2) is 5.96 Å². The number of rotatable bonds is 5. The number of piperidine rings is 1. The number of aliphatic imine (C=N–C) groups is 1. The van der Waals surface area contributed by atoms with Crippen molar-refractivity contribution >= 4 is 29.9 Å². The molecule has 1 aromatic carbocycles. The first-order valence-corrected chi connectivity index (χ1v) is 11.7. The number of halogens is 1. The minimum absolute atomic E-state index is 0. The summed E-state index contributed by atoms with van der Waals surface area (Å²) in [7, 11) is 1.90. The molecule has 2 aliphatic rings. The van der Waals surface area contributed by atoms with Gasteiger partial charge >= 0.3 is 0 Å². The summed E-state index contributed by atoms with van der Waals surface area (Å²) in [6, 6.07) is 11.0. The number of hydrogen-bond acceptors (Lipinski definition) is 3. The Hall–Kier alpha value is -1.64. The number of nitrogens with one attached hydrogen (secondary N) is 1. The molecule has 7 heteroatoms. The summed E-state index contributed by atoms with van der Waals surface area (Å²) >= 11 is 0. The van der Waals surface area contributed by atoms with Crippen LogP contribution in [0.2, 0.25) is 0 Å². The maximum atomic E-state index is 4.59. The van der Waals surface area contributed by atoms with Gasteiger partial charge in [-0.25, -0.2) is 0 Å². The second-order valence-electron chi connectivity index (χ2n) is 8.64. The monoisotopic (exact) mass is 536 g/mol. The second-order valence-corrected chi connectivity index (χ2v) is 8.64. The fourth-order valence-corrected chi connectivity index (χ4v) is 5.13. The van der Waals surface area contributed by atoms with Crippen molar-refractivity contribution in [3.05, 3.63) is 47.5 Å². The molecule has 0 saturated carbocycles. The highest BCUT2D eigenvalue weighted by atomic mass is 127. The number of fused-ring (bicyclic) bond motifs is 1. The zero-order valence-electron chi connectivity index (χ0n) is 19.0. The SMILES string of the molecule is CCC1CN(C(=NC)NCCc2nnc3n2CCCCC3)CCC1c1ccccc1.I. The van der Waals surface area contributed by atoms with Gasteiger partial charge in [0.25, 0.3) is 0 Å². The molecule has 2 aromatic rings. The summed E-state index contributed by atoms with van der Waals surface area (Å²) in [6.07, 6.45) is 8.11. The van der Waals surface area contributed by atoms with E-state index in [0.717, 1.165) is 50.8 Å². The van der Waals surface area contributed by atoms with E-state index in [-0.39, 0.29) is 24.0 Å². The van der Waals surface area contributed by atoms with Gasteiger partial charge in [-0.05, 0) is 36.7 Å². The van der Waals surface area contributed by atoms with Crippen LogP contribution < -0.4 is 5.32 Å². The lowest BCUT2D eigenvalue weighted by Gasteiger charge is -2.40. The fraction of sp³-hybridized carbons (Fsp3) is 0.625. The van der Waals surface area contributed by atoms with Crippen LogP contribution in [0.1, 0.15) is 62.2 Å². The van der Waals surface area contributed by atoms with Gasteiger partial charge in [-0.15, -0.1) is 34.2 Å². The van der Waals surface area contributed by atoms with Gasteiger partial charge in [-0.3, -0.25) is 4.99 Å². The first kappa shape index (κ1) is 24.0. The van der Waals surface area contributed by atoms with Crippen molar-refractivity contribution in [1.29, 1.82) is 0 Å². The average Bonchev–Trinajstić information content (AvgIpc) is 3.02. The van der Waals surface area contributed by atoms with Crippen molar-refractivity contribution in [1.82, 2.24) is 25.0 Å². The van der Waals surface area contributed by atoms with E-state index in [1.807, 2.05) is 7.05 Å². The van der Waals surface area contributed by atoms with E-state index in [2.05, 4.69) is 67.2 Å². The van der Waals surface area contributed by atoms with Crippen LogP contribution in [0.4, 0.5) is 0 Å². The Kier molecular flexibility index (Phi) is 9.16. The molecule has 0 spiro atoms. The Morgan fingerprint density at radius 2 is 1.97 bits per heavy atom. The van der Waals surface area contributed by atoms with Gasteiger partial charge in [-0.1, -0.05) is 50.1 Å². The highest BCUT2D eigenvalue weighted by Gasteiger charge is 2.30. The van der Waals surface area contributed by atoms with Crippen molar-refractivity contribution in [3.8, 4) is 0 Å². The lowest BCUT2D eigenvalue weighted by molar-refractivity contribution is 0.216. The van der Waals surface area contributed by atoms with Crippen LogP contribution in [-0.2, 0) is 19.4 Å². The van der Waals surface area contributed by atoms with E-state index in [0.29, 0.717) is 11.8 Å². The predicted octanol–water partition coefficient (Wildman–Crippen LogP) is 4.26. The molecule has 170 valence electrons. The average molecular weight is 537 g/mol. The Bertz CT molecular complexity index is 834. The normalized spacial score (nSPS) is 21.7. The van der Waals surface area contributed by atoms with Crippen LogP contribution in [-0.4, -0.2) is 52.3 Å². The summed E-state index contributed by atoms with van der Waals surface area (Å²) in [4.78, 5) is 7.03. The summed E-state index contributed by atoms with van der Waals surface area (Å²) in [5, 5.41) is 12.5. The van der Waals surface area contributed by atoms with Gasteiger partial charge in [0.05, 0.1) is 0 Å². The number of hydrogen-bond donors (Lipinski definition) is 1. The third kappa shape index (κ3) is 5.79. The van der Waals surface area contributed by atoms with E-state index < -0.39 is 0 Å². The minimum Gasteiger partial charge on any atom is -0.356 e. The number of likely N-dealkylation sites (tertiary alicyclic amines) is 1. The summed E-state index contributed by atoms with van der Waals surface area (Å²) in [5.74, 6) is 4.62. The second kappa shape index (κ2) is 11.8. The molecular formula is C24H37IN6. The number of guanidine groups is 1. The van der Waals surface area contributed by atoms with Gasteiger partial charge in [0, 0.05) is 46.1 Å². The molecule has 1 fully saturated rings. The van der Waals surface area contributed by atoms with Gasteiger partial charge in [0.2, 0.25) is 0 Å². The molecule has 1 aromatic heterocycles. The number of benzene rings is 1. The molecule has 2 unspecified atom stereocenters. The summed E-state index contributed by atoms with van der Waals surface area (Å²) in [6.45, 7) is 6.35. The zero-order valence-corrected chi connectivity index (χ0v) is 21.3. The quantitative estimate of drug-likeness (QED) is 0.353. The molecule has 2 atom stereocenters. The van der Waals surface area contributed by atoms with Crippen LogP contribution in [0.25, 0.3) is 0 Å². The molecule has 4 rings (SSSR count). The first-order chi connectivity index (χ1) is 14.8. The van der Waals surface area contributed by atoms with E-state index in [9.17, 15) is 0 Å². The summed E-state index contributed by atoms with van der Waals surface area (Å²) < 4.78 is 2.34. The molecular weight excluding hydrogens is 499 g/mol. The maximum Gasteiger partial charge on any atom is 0.193 e. The van der Waals surface area contributed by atoms with E-state index in [1.165, 1.54) is 43.5 Å². The molecule has 31 heavy (non-hydrogen) atoms. The van der Waals surface area contributed by atoms with Crippen molar-refractivity contribution in [2.24, 2.45) is 10.9 Å². The Labute approximate surface area is 203 Å². The molecule has 0 aliphatic carbocycles. The Balaban J connectivity index is 0.00000272. The third-order valence-electron chi connectivity index (χ3n) is 6.82. The Morgan fingerprint density at radius 1 is 1.13 bits per heavy atom. The molecule has 0 amide bonds. The van der Waals surface area contributed by atoms with Crippen molar-refractivity contribution in [3.63, 3.8) is 0 Å². The van der Waals surface area contributed by atoms with E-state index in [1.54, 1.807) is 0 Å². The van der Waals surface area contributed by atoms with Crippen molar-refractivity contribution in [2.75, 3.05) is 26.7 Å². The van der Waals surface area contributed by atoms with Crippen molar-refractivity contribution < 1.29 is 0 Å². The van der Waals surface area contributed by atoms with Crippen LogP contribution in [0, 0.1) is 5.92 Å². The number of aromatic nitrogens is 3. The van der Waals surface area contributed by atoms with Gasteiger partial charge in [-0.2, -0.15) is 0 Å². The lowest BCUT2D eigenvalue weighted by atomic mass is 9.79. The predicted molar refractivity (Wildman–Crippen MR) is 137 cm³/mol. The first-order valence-electron chi connectivity index (χ1n) is 11.7. The van der Waals surface area contributed by atoms with E-state index >= 15 is 0 Å². The van der Waals surface area contributed by atoms with Crippen LogP contribution in [0.5, 0.6) is 0 Å². The van der Waals surface area contributed by atoms with Crippen LogP contribution in [0.3, 0.4) is 0 Å². The molecule has 0 bridgehead atoms. The summed E-state index contributed by atoms with van der Waals surface area (Å²) in [5.41, 5.74) is 1.49. The molecule has 1 N–H and O–H groups in total. The molecule has 2 aliphatic heterocycles. The maximum absolute atomic E-state index is 4.59. The van der Waals surface area contributed by atoms with Crippen molar-refractivity contribution in [2.45, 2.75) is 64.3 Å². The molecule has 3 heterocycles. The van der Waals surface area contributed by atoms with Crippen LogP contribution >= 0.6 is 24.0 Å². The topological polar surface area (TPSA) is 58.3 Å². The minimum atomic E-state index is 0. The molecule has 6 nitrogen and oxygen atoms in total.